The SMILES string of the molecule is Cc1cc(CNC(=O)c2cc(C#CCN)ccc2C)no1. The lowest BCUT2D eigenvalue weighted by Gasteiger charge is -2.07. The molecule has 2 aromatic rings. The first-order valence-electron chi connectivity index (χ1n) is 6.60. The predicted molar refractivity (Wildman–Crippen MR) is 79.5 cm³/mol. The van der Waals surface area contributed by atoms with Crippen molar-refractivity contribution in [3.8, 4) is 11.8 Å². The number of rotatable bonds is 3. The van der Waals surface area contributed by atoms with Crippen LogP contribution in [-0.2, 0) is 6.54 Å². The molecule has 5 heteroatoms. The molecule has 0 unspecified atom stereocenters. The van der Waals surface area contributed by atoms with Crippen LogP contribution in [0.15, 0.2) is 28.8 Å². The normalized spacial score (nSPS) is 9.86. The van der Waals surface area contributed by atoms with Gasteiger partial charge in [-0.15, -0.1) is 0 Å². The Morgan fingerprint density at radius 2 is 2.19 bits per heavy atom. The van der Waals surface area contributed by atoms with Crippen LogP contribution in [0.25, 0.3) is 0 Å². The number of amides is 1. The van der Waals surface area contributed by atoms with Crippen LogP contribution in [-0.4, -0.2) is 17.6 Å². The zero-order valence-corrected chi connectivity index (χ0v) is 12.1. The molecular weight excluding hydrogens is 266 g/mol. The fourth-order valence-electron chi connectivity index (χ4n) is 1.86. The third-order valence-electron chi connectivity index (χ3n) is 2.92. The number of nitrogens with two attached hydrogens (primary N) is 1. The van der Waals surface area contributed by atoms with Gasteiger partial charge in [0.1, 0.15) is 11.5 Å². The van der Waals surface area contributed by atoms with Crippen LogP contribution in [0.1, 0.15) is 32.9 Å². The number of nitrogens with zero attached hydrogens (tertiary/aromatic N) is 1. The van der Waals surface area contributed by atoms with E-state index in [2.05, 4.69) is 22.3 Å². The van der Waals surface area contributed by atoms with Crippen LogP contribution >= 0.6 is 0 Å². The monoisotopic (exact) mass is 283 g/mol. The molecule has 1 aromatic heterocycles. The molecule has 0 saturated heterocycles. The Kier molecular flexibility index (Phi) is 4.75. The van der Waals surface area contributed by atoms with Gasteiger partial charge in [-0.05, 0) is 31.5 Å². The summed E-state index contributed by atoms with van der Waals surface area (Å²) in [6, 6.07) is 7.29. The van der Waals surface area contributed by atoms with Crippen molar-refractivity contribution in [1.82, 2.24) is 10.5 Å². The van der Waals surface area contributed by atoms with Crippen molar-refractivity contribution in [2.75, 3.05) is 6.54 Å². The van der Waals surface area contributed by atoms with Gasteiger partial charge < -0.3 is 15.6 Å². The highest BCUT2D eigenvalue weighted by atomic mass is 16.5. The second-order valence-electron chi connectivity index (χ2n) is 4.65. The van der Waals surface area contributed by atoms with E-state index >= 15 is 0 Å². The van der Waals surface area contributed by atoms with Crippen LogP contribution in [0.5, 0.6) is 0 Å². The van der Waals surface area contributed by atoms with Crippen molar-refractivity contribution in [2.24, 2.45) is 5.73 Å². The average Bonchev–Trinajstić information content (AvgIpc) is 2.89. The Balaban J connectivity index is 2.10. The van der Waals surface area contributed by atoms with Crippen molar-refractivity contribution in [3.63, 3.8) is 0 Å². The number of carbonyl (C=O) groups is 1. The van der Waals surface area contributed by atoms with Gasteiger partial charge >= 0.3 is 0 Å². The number of carbonyl (C=O) groups excluding carboxylic acids is 1. The minimum Gasteiger partial charge on any atom is -0.361 e. The fraction of sp³-hybridized carbons (Fsp3) is 0.250. The molecule has 0 aliphatic heterocycles. The highest BCUT2D eigenvalue weighted by molar-refractivity contribution is 5.95. The van der Waals surface area contributed by atoms with Gasteiger partial charge in [0, 0.05) is 17.2 Å². The molecule has 0 radical (unpaired) electrons. The molecule has 0 aliphatic carbocycles. The quantitative estimate of drug-likeness (QED) is 0.837. The lowest BCUT2D eigenvalue weighted by molar-refractivity contribution is 0.0949. The zero-order valence-electron chi connectivity index (χ0n) is 12.1. The topological polar surface area (TPSA) is 81.2 Å². The smallest absolute Gasteiger partial charge is 0.251 e. The Morgan fingerprint density at radius 1 is 1.38 bits per heavy atom. The predicted octanol–water partition coefficient (Wildman–Crippen LogP) is 1.53. The molecule has 1 amide bonds. The minimum atomic E-state index is -0.162. The molecule has 0 spiro atoms. The number of benzene rings is 1. The summed E-state index contributed by atoms with van der Waals surface area (Å²) < 4.78 is 4.96. The highest BCUT2D eigenvalue weighted by Crippen LogP contribution is 2.11. The lowest BCUT2D eigenvalue weighted by atomic mass is 10.0. The Bertz CT molecular complexity index is 708. The van der Waals surface area contributed by atoms with Gasteiger partial charge in [0.15, 0.2) is 0 Å². The van der Waals surface area contributed by atoms with E-state index in [1.54, 1.807) is 12.1 Å². The molecule has 0 aliphatic rings. The van der Waals surface area contributed by atoms with Gasteiger partial charge in [-0.2, -0.15) is 0 Å². The van der Waals surface area contributed by atoms with Gasteiger partial charge in [-0.3, -0.25) is 4.79 Å². The fourth-order valence-corrected chi connectivity index (χ4v) is 1.86. The van der Waals surface area contributed by atoms with E-state index in [0.29, 0.717) is 24.3 Å². The van der Waals surface area contributed by atoms with Crippen LogP contribution in [0.4, 0.5) is 0 Å². The molecule has 108 valence electrons. The molecule has 0 fully saturated rings. The Morgan fingerprint density at radius 3 is 2.86 bits per heavy atom. The first-order valence-corrected chi connectivity index (χ1v) is 6.60. The Hall–Kier alpha value is -2.58. The van der Waals surface area contributed by atoms with E-state index in [1.807, 2.05) is 26.0 Å². The minimum absolute atomic E-state index is 0.162. The van der Waals surface area contributed by atoms with E-state index in [4.69, 9.17) is 10.3 Å². The van der Waals surface area contributed by atoms with E-state index in [9.17, 15) is 4.79 Å². The van der Waals surface area contributed by atoms with Crippen molar-refractivity contribution in [1.29, 1.82) is 0 Å². The first kappa shape index (κ1) is 14.8. The molecule has 3 N–H and O–H groups in total. The third-order valence-corrected chi connectivity index (χ3v) is 2.92. The Labute approximate surface area is 123 Å². The van der Waals surface area contributed by atoms with Crippen LogP contribution in [0.3, 0.4) is 0 Å². The molecule has 0 atom stereocenters. The molecule has 5 nitrogen and oxygen atoms in total. The summed E-state index contributed by atoms with van der Waals surface area (Å²) in [6.07, 6.45) is 0. The summed E-state index contributed by atoms with van der Waals surface area (Å²) in [6.45, 7) is 4.31. The average molecular weight is 283 g/mol. The molecule has 1 heterocycles. The number of hydrogen-bond acceptors (Lipinski definition) is 4. The van der Waals surface area contributed by atoms with Crippen molar-refractivity contribution < 1.29 is 9.32 Å². The number of aromatic nitrogens is 1. The largest absolute Gasteiger partial charge is 0.361 e. The number of nitrogens with one attached hydrogen (secondary N) is 1. The standard InChI is InChI=1S/C16H17N3O2/c1-11-5-6-13(4-3-7-17)9-15(11)16(20)18-10-14-8-12(2)21-19-14/h5-6,8-9H,7,10,17H2,1-2H3,(H,18,20). The maximum Gasteiger partial charge on any atom is 0.251 e. The van der Waals surface area contributed by atoms with Crippen LogP contribution in [0, 0.1) is 25.7 Å². The number of aryl methyl sites for hydroxylation is 2. The van der Waals surface area contributed by atoms with Crippen LogP contribution < -0.4 is 11.1 Å². The molecular formula is C16H17N3O2. The van der Waals surface area contributed by atoms with Gasteiger partial charge in [0.25, 0.3) is 5.91 Å². The van der Waals surface area contributed by atoms with Crippen LogP contribution in [0.2, 0.25) is 0 Å². The van der Waals surface area contributed by atoms with Crippen molar-refractivity contribution in [2.45, 2.75) is 20.4 Å². The second-order valence-corrected chi connectivity index (χ2v) is 4.65. The van der Waals surface area contributed by atoms with Gasteiger partial charge in [0.2, 0.25) is 0 Å². The second kappa shape index (κ2) is 6.73. The third kappa shape index (κ3) is 3.94. The van der Waals surface area contributed by atoms with Gasteiger partial charge in [-0.25, -0.2) is 0 Å². The molecule has 0 saturated carbocycles. The zero-order chi connectivity index (χ0) is 15.2. The summed E-state index contributed by atoms with van der Waals surface area (Å²) in [4.78, 5) is 12.2. The maximum atomic E-state index is 12.2. The van der Waals surface area contributed by atoms with Crippen molar-refractivity contribution >= 4 is 5.91 Å². The number of hydrogen-bond donors (Lipinski definition) is 2. The van der Waals surface area contributed by atoms with E-state index in [-0.39, 0.29) is 5.91 Å². The molecule has 0 bridgehead atoms. The molecule has 21 heavy (non-hydrogen) atoms. The first-order chi connectivity index (χ1) is 10.1. The van der Waals surface area contributed by atoms with Gasteiger partial charge in [0.05, 0.1) is 13.1 Å². The molecule has 1 aromatic carbocycles. The summed E-state index contributed by atoms with van der Waals surface area (Å²) in [5.74, 6) is 6.25. The lowest BCUT2D eigenvalue weighted by Crippen LogP contribution is -2.23. The molecule has 2 rings (SSSR count). The maximum absolute atomic E-state index is 12.2. The van der Waals surface area contributed by atoms with E-state index in [1.165, 1.54) is 0 Å². The van der Waals surface area contributed by atoms with Crippen molar-refractivity contribution in [3.05, 3.63) is 52.4 Å². The summed E-state index contributed by atoms with van der Waals surface area (Å²) in [5, 5.41) is 6.65. The summed E-state index contributed by atoms with van der Waals surface area (Å²) >= 11 is 0. The van der Waals surface area contributed by atoms with E-state index < -0.39 is 0 Å². The summed E-state index contributed by atoms with van der Waals surface area (Å²) in [7, 11) is 0. The van der Waals surface area contributed by atoms with Gasteiger partial charge in [-0.1, -0.05) is 23.1 Å². The van der Waals surface area contributed by atoms with E-state index in [0.717, 1.165) is 16.9 Å². The highest BCUT2D eigenvalue weighted by Gasteiger charge is 2.10. The summed E-state index contributed by atoms with van der Waals surface area (Å²) in [5.41, 5.74) is 8.30.